The van der Waals surface area contributed by atoms with Gasteiger partial charge in [0, 0.05) is 75.1 Å². The molecule has 2 aliphatic heterocycles. The van der Waals surface area contributed by atoms with E-state index in [0.29, 0.717) is 73.6 Å². The minimum Gasteiger partial charge on any atom is -0.496 e. The molecule has 2 aromatic heterocycles. The van der Waals surface area contributed by atoms with Gasteiger partial charge in [0.05, 0.1) is 24.4 Å². The smallest absolute Gasteiger partial charge is 0.255 e. The van der Waals surface area contributed by atoms with Crippen LogP contribution in [0.4, 0.5) is 15.8 Å². The Morgan fingerprint density at radius 1 is 1.03 bits per heavy atom. The maximum absolute atomic E-state index is 14.8. The van der Waals surface area contributed by atoms with E-state index in [0.717, 1.165) is 30.5 Å². The van der Waals surface area contributed by atoms with Gasteiger partial charge >= 0.3 is 0 Å². The molecular formula is C42H44FN9O6. The van der Waals surface area contributed by atoms with Gasteiger partial charge in [-0.1, -0.05) is 24.6 Å². The number of benzene rings is 3. The molecule has 2 saturated heterocycles. The molecule has 1 atom stereocenters. The first-order valence-electron chi connectivity index (χ1n) is 19.3. The quantitative estimate of drug-likeness (QED) is 0.0795. The van der Waals surface area contributed by atoms with Crippen molar-refractivity contribution in [1.29, 1.82) is 0 Å². The van der Waals surface area contributed by atoms with Crippen LogP contribution in [0.3, 0.4) is 0 Å². The van der Waals surface area contributed by atoms with Crippen LogP contribution in [0.15, 0.2) is 66.9 Å². The molecule has 0 saturated carbocycles. The highest BCUT2D eigenvalue weighted by Crippen LogP contribution is 2.33. The van der Waals surface area contributed by atoms with E-state index in [2.05, 4.69) is 35.7 Å². The summed E-state index contributed by atoms with van der Waals surface area (Å²) in [5.41, 5.74) is 4.93. The van der Waals surface area contributed by atoms with E-state index in [4.69, 9.17) is 4.74 Å². The van der Waals surface area contributed by atoms with Gasteiger partial charge in [-0.3, -0.25) is 34.4 Å². The monoisotopic (exact) mass is 789 g/mol. The number of amides is 4. The summed E-state index contributed by atoms with van der Waals surface area (Å²) in [6.07, 6.45) is 5.39. The third-order valence-electron chi connectivity index (χ3n) is 10.7. The van der Waals surface area contributed by atoms with Crippen molar-refractivity contribution in [3.8, 4) is 28.4 Å². The molecule has 58 heavy (non-hydrogen) atoms. The molecule has 3 aromatic carbocycles. The lowest BCUT2D eigenvalue weighted by atomic mass is 10.0. The number of H-pyrrole nitrogens is 1. The number of rotatable bonds is 14. The van der Waals surface area contributed by atoms with Gasteiger partial charge < -0.3 is 24.8 Å². The molecule has 1 unspecified atom stereocenters. The largest absolute Gasteiger partial charge is 0.496 e. The van der Waals surface area contributed by atoms with Gasteiger partial charge in [0.15, 0.2) is 12.1 Å². The molecule has 16 heteroatoms. The minimum absolute atomic E-state index is 0.135. The van der Waals surface area contributed by atoms with Gasteiger partial charge in [0.1, 0.15) is 34.3 Å². The fourth-order valence-electron chi connectivity index (χ4n) is 7.38. The van der Waals surface area contributed by atoms with Gasteiger partial charge in [0.25, 0.3) is 5.91 Å². The number of unbranched alkanes of at least 4 members (excludes halogenated alkanes) is 2. The average Bonchev–Trinajstić information content (AvgIpc) is 3.67. The number of carbonyl (C=O) groups is 5. The van der Waals surface area contributed by atoms with Crippen molar-refractivity contribution in [2.24, 2.45) is 0 Å². The van der Waals surface area contributed by atoms with Gasteiger partial charge in [0.2, 0.25) is 17.7 Å². The number of fused-ring (bicyclic) bond motifs is 1. The van der Waals surface area contributed by atoms with Crippen LogP contribution in [-0.2, 0) is 14.4 Å². The molecule has 0 radical (unpaired) electrons. The summed E-state index contributed by atoms with van der Waals surface area (Å²) < 4.78 is 20.1. The lowest BCUT2D eigenvalue weighted by Gasteiger charge is -2.36. The second-order valence-electron chi connectivity index (χ2n) is 14.3. The summed E-state index contributed by atoms with van der Waals surface area (Å²) in [5, 5.41) is 13.0. The van der Waals surface area contributed by atoms with E-state index in [1.54, 1.807) is 36.5 Å². The zero-order valence-corrected chi connectivity index (χ0v) is 32.3. The first-order valence-corrected chi connectivity index (χ1v) is 19.3. The fourth-order valence-corrected chi connectivity index (χ4v) is 7.38. The number of carbonyl (C=O) groups excluding carboxylic acids is 5. The minimum atomic E-state index is -0.796. The number of piperazine rings is 1. The number of aromatic nitrogens is 4. The van der Waals surface area contributed by atoms with Crippen LogP contribution in [0.1, 0.15) is 59.2 Å². The Morgan fingerprint density at radius 3 is 2.57 bits per heavy atom. The third-order valence-corrected chi connectivity index (χ3v) is 10.7. The van der Waals surface area contributed by atoms with Crippen LogP contribution in [0, 0.1) is 5.82 Å². The molecule has 15 nitrogen and oxygen atoms in total. The van der Waals surface area contributed by atoms with Gasteiger partial charge in [-0.15, -0.1) is 0 Å². The topological polar surface area (TPSA) is 183 Å². The lowest BCUT2D eigenvalue weighted by molar-refractivity contribution is -0.136. The Balaban J connectivity index is 0.856. The van der Waals surface area contributed by atoms with Crippen molar-refractivity contribution in [3.63, 3.8) is 0 Å². The van der Waals surface area contributed by atoms with E-state index in [1.165, 1.54) is 25.1 Å². The molecule has 0 spiro atoms. The van der Waals surface area contributed by atoms with Crippen LogP contribution in [0.25, 0.3) is 33.7 Å². The highest BCUT2D eigenvalue weighted by Gasteiger charge is 2.33. The van der Waals surface area contributed by atoms with Crippen LogP contribution in [0.5, 0.6) is 5.75 Å². The second kappa shape index (κ2) is 17.6. The number of nitrogens with zero attached hydrogens (tertiary/aromatic N) is 6. The highest BCUT2D eigenvalue weighted by molar-refractivity contribution is 6.06. The Bertz CT molecular complexity index is 2340. The molecule has 2 fully saturated rings. The number of aromatic amines is 1. The van der Waals surface area contributed by atoms with Crippen LogP contribution < -0.4 is 20.3 Å². The zero-order valence-electron chi connectivity index (χ0n) is 32.3. The van der Waals surface area contributed by atoms with Crippen molar-refractivity contribution < 1.29 is 33.1 Å². The zero-order chi connectivity index (χ0) is 40.8. The summed E-state index contributed by atoms with van der Waals surface area (Å²) in [4.78, 5) is 76.3. The predicted molar refractivity (Wildman–Crippen MR) is 215 cm³/mol. The maximum atomic E-state index is 14.8. The number of methoxy groups -OCH3 is 1. The molecule has 5 aromatic rings. The Hall–Kier alpha value is -6.71. The average molecular weight is 790 g/mol. The molecule has 7 rings (SSSR count). The Labute approximate surface area is 334 Å². The van der Waals surface area contributed by atoms with E-state index in [1.807, 2.05) is 29.2 Å². The molecule has 0 aliphatic carbocycles. The molecular weight excluding hydrogens is 746 g/mol. The van der Waals surface area contributed by atoms with E-state index in [-0.39, 0.29) is 47.2 Å². The first-order chi connectivity index (χ1) is 28.1. The number of halogens is 1. The van der Waals surface area contributed by atoms with Crippen LogP contribution >= 0.6 is 0 Å². The van der Waals surface area contributed by atoms with Gasteiger partial charge in [-0.2, -0.15) is 5.10 Å². The molecule has 0 bridgehead atoms. The summed E-state index contributed by atoms with van der Waals surface area (Å²) in [5.74, 6) is -1.18. The van der Waals surface area contributed by atoms with Gasteiger partial charge in [-0.05, 0) is 61.7 Å². The fraction of sp³-hybridized carbons (Fsp3) is 0.333. The number of aldehydes is 1. The number of likely N-dealkylation sites (N-methyl/N-ethyl adjacent to an activating group) is 1. The molecule has 3 N–H and O–H groups in total. The van der Waals surface area contributed by atoms with E-state index >= 15 is 0 Å². The van der Waals surface area contributed by atoms with Crippen molar-refractivity contribution in [3.05, 3.63) is 83.8 Å². The number of imide groups is 1. The van der Waals surface area contributed by atoms with Crippen LogP contribution in [0.2, 0.25) is 0 Å². The number of hydrogen-bond acceptors (Lipinski definition) is 11. The Kier molecular flexibility index (Phi) is 12.0. The first kappa shape index (κ1) is 39.5. The van der Waals surface area contributed by atoms with E-state index < -0.39 is 23.7 Å². The number of anilines is 2. The molecule has 2 aliphatic rings. The summed E-state index contributed by atoms with van der Waals surface area (Å²) >= 11 is 0. The van der Waals surface area contributed by atoms with Crippen LogP contribution in [-0.4, -0.2) is 113 Å². The van der Waals surface area contributed by atoms with E-state index in [9.17, 15) is 28.4 Å². The SMILES string of the molecule is COc1cccc(F)c1-c1ncc2[nH]nc(-c3ccc(N4CCN(C(=O)CCCCCNc5ccc(C=O)c(C(=O)N(C)C6CCC(=O)NC6=O)c5)CC4)cc3)c2n1. The number of piperidine rings is 1. The summed E-state index contributed by atoms with van der Waals surface area (Å²) in [6, 6.07) is 16.7. The third kappa shape index (κ3) is 8.50. The van der Waals surface area contributed by atoms with Crippen molar-refractivity contribution in [1.82, 2.24) is 35.3 Å². The van der Waals surface area contributed by atoms with Crippen molar-refractivity contribution in [2.45, 2.75) is 44.6 Å². The van der Waals surface area contributed by atoms with Crippen molar-refractivity contribution in [2.75, 3.05) is 57.1 Å². The van der Waals surface area contributed by atoms with Gasteiger partial charge in [-0.25, -0.2) is 14.4 Å². The number of nitrogens with one attached hydrogen (secondary N) is 3. The Morgan fingerprint density at radius 2 is 1.83 bits per heavy atom. The number of ether oxygens (including phenoxy) is 1. The molecule has 300 valence electrons. The summed E-state index contributed by atoms with van der Waals surface area (Å²) in [6.45, 7) is 3.27. The predicted octanol–water partition coefficient (Wildman–Crippen LogP) is 4.85. The molecule has 4 amide bonds. The number of hydrogen-bond donors (Lipinski definition) is 3. The highest BCUT2D eigenvalue weighted by atomic mass is 19.1. The summed E-state index contributed by atoms with van der Waals surface area (Å²) in [7, 11) is 2.97. The maximum Gasteiger partial charge on any atom is 0.255 e. The second-order valence-corrected chi connectivity index (χ2v) is 14.3. The lowest BCUT2D eigenvalue weighted by Crippen LogP contribution is -2.53. The van der Waals surface area contributed by atoms with Crippen molar-refractivity contribution >= 4 is 52.3 Å². The standard InChI is InChI=1S/C42H44FN9O6/c1-50(33-16-17-35(54)46-41(33)56)42(57)30-23-28(13-10-27(30)25-53)44-18-5-3-4-9-36(55)52-21-19-51(20-22-52)29-14-11-26(12-15-29)38-39-32(48-49-38)24-45-40(47-39)37-31(43)7-6-8-34(37)58-2/h6-8,10-15,23-25,33,44H,3-5,9,16-22H2,1-2H3,(H,48,49)(H,46,54,56). The normalized spacial score (nSPS) is 15.6. The molecule has 4 heterocycles.